The van der Waals surface area contributed by atoms with Gasteiger partial charge < -0.3 is 10.6 Å². The summed E-state index contributed by atoms with van der Waals surface area (Å²) in [7, 11) is 4.29. The third-order valence-electron chi connectivity index (χ3n) is 6.57. The number of hydrogen-bond acceptors (Lipinski definition) is 3. The third kappa shape index (κ3) is 5.36. The van der Waals surface area contributed by atoms with E-state index in [9.17, 15) is 4.79 Å². The Balaban J connectivity index is 0.00000225. The van der Waals surface area contributed by atoms with E-state index < -0.39 is 0 Å². The van der Waals surface area contributed by atoms with Crippen LogP contribution in [0, 0.1) is 5.92 Å². The van der Waals surface area contributed by atoms with Crippen LogP contribution < -0.4 is 5.73 Å². The van der Waals surface area contributed by atoms with Gasteiger partial charge in [0, 0.05) is 25.2 Å². The molecule has 0 aromatic heterocycles. The predicted molar refractivity (Wildman–Crippen MR) is 130 cm³/mol. The minimum absolute atomic E-state index is 0. The molecule has 4 nitrogen and oxygen atoms in total. The number of likely N-dealkylation sites (tertiary alicyclic amines) is 1. The van der Waals surface area contributed by atoms with Crippen molar-refractivity contribution in [2.75, 3.05) is 33.7 Å². The largest absolute Gasteiger partial charge is 0.342 e. The smallest absolute Gasteiger partial charge is 0.227 e. The number of carbonyl (C=O) groups is 1. The summed E-state index contributed by atoms with van der Waals surface area (Å²) >= 11 is 0. The summed E-state index contributed by atoms with van der Waals surface area (Å²) in [5.74, 6) is 0.138. The van der Waals surface area contributed by atoms with Crippen molar-refractivity contribution in [2.24, 2.45) is 11.7 Å². The molecule has 1 heterocycles. The van der Waals surface area contributed by atoms with Gasteiger partial charge in [-0.2, -0.15) is 0 Å². The second-order valence-corrected chi connectivity index (χ2v) is 8.16. The quantitative estimate of drug-likeness (QED) is 0.712. The van der Waals surface area contributed by atoms with E-state index in [2.05, 4.69) is 68.4 Å². The van der Waals surface area contributed by atoms with Crippen LogP contribution in [-0.4, -0.2) is 49.4 Å². The molecule has 2 aromatic carbocycles. The first-order valence-electron chi connectivity index (χ1n) is 10.3. The Hall–Kier alpha value is -1.59. The first kappa shape index (κ1) is 26.4. The van der Waals surface area contributed by atoms with E-state index >= 15 is 0 Å². The molecule has 1 amide bonds. The average molecular weight is 452 g/mol. The molecular formula is C24H35Cl2N3O. The third-order valence-corrected chi connectivity index (χ3v) is 6.57. The van der Waals surface area contributed by atoms with Crippen molar-refractivity contribution in [3.63, 3.8) is 0 Å². The second-order valence-electron chi connectivity index (χ2n) is 8.16. The summed E-state index contributed by atoms with van der Waals surface area (Å²) in [6, 6.07) is 20.9. The van der Waals surface area contributed by atoms with Crippen LogP contribution in [0.15, 0.2) is 60.7 Å². The van der Waals surface area contributed by atoms with Crippen molar-refractivity contribution in [3.05, 3.63) is 71.8 Å². The maximum absolute atomic E-state index is 13.3. The summed E-state index contributed by atoms with van der Waals surface area (Å²) in [4.78, 5) is 17.6. The number of hydrogen-bond donors (Lipinski definition) is 1. The first-order chi connectivity index (χ1) is 13.5. The molecule has 30 heavy (non-hydrogen) atoms. The maximum Gasteiger partial charge on any atom is 0.227 e. The van der Waals surface area contributed by atoms with Gasteiger partial charge in [0.15, 0.2) is 0 Å². The molecule has 1 aliphatic heterocycles. The number of piperidine rings is 1. The lowest BCUT2D eigenvalue weighted by Crippen LogP contribution is -2.53. The van der Waals surface area contributed by atoms with E-state index in [-0.39, 0.29) is 48.1 Å². The van der Waals surface area contributed by atoms with Gasteiger partial charge in [0.05, 0.1) is 5.92 Å². The van der Waals surface area contributed by atoms with E-state index in [1.807, 2.05) is 23.1 Å². The van der Waals surface area contributed by atoms with Gasteiger partial charge in [-0.05, 0) is 44.0 Å². The van der Waals surface area contributed by atoms with Crippen molar-refractivity contribution in [3.8, 4) is 0 Å². The Bertz CT molecular complexity index is 763. The number of halogens is 2. The molecule has 2 aromatic rings. The lowest BCUT2D eigenvalue weighted by Gasteiger charge is -2.47. The average Bonchev–Trinajstić information content (AvgIpc) is 2.75. The molecule has 2 atom stereocenters. The highest BCUT2D eigenvalue weighted by atomic mass is 35.5. The van der Waals surface area contributed by atoms with E-state index in [0.717, 1.165) is 25.9 Å². The van der Waals surface area contributed by atoms with Gasteiger partial charge in [0.2, 0.25) is 5.91 Å². The Kier molecular flexibility index (Phi) is 10.3. The topological polar surface area (TPSA) is 49.6 Å². The lowest BCUT2D eigenvalue weighted by atomic mass is 9.79. The maximum atomic E-state index is 13.3. The van der Waals surface area contributed by atoms with Gasteiger partial charge in [-0.25, -0.2) is 0 Å². The van der Waals surface area contributed by atoms with Gasteiger partial charge in [-0.1, -0.05) is 67.6 Å². The molecule has 1 fully saturated rings. The fourth-order valence-corrected chi connectivity index (χ4v) is 4.58. The zero-order valence-electron chi connectivity index (χ0n) is 18.2. The van der Waals surface area contributed by atoms with Gasteiger partial charge in [-0.3, -0.25) is 9.69 Å². The van der Waals surface area contributed by atoms with E-state index in [0.29, 0.717) is 6.54 Å². The molecule has 0 saturated carbocycles. The van der Waals surface area contributed by atoms with Crippen LogP contribution in [0.5, 0.6) is 0 Å². The van der Waals surface area contributed by atoms with Crippen molar-refractivity contribution < 1.29 is 4.79 Å². The van der Waals surface area contributed by atoms with Crippen LogP contribution in [0.2, 0.25) is 0 Å². The molecule has 3 rings (SSSR count). The number of rotatable bonds is 6. The van der Waals surface area contributed by atoms with Crippen LogP contribution in [0.3, 0.4) is 0 Å². The van der Waals surface area contributed by atoms with Gasteiger partial charge in [-0.15, -0.1) is 24.8 Å². The lowest BCUT2D eigenvalue weighted by molar-refractivity contribution is -0.138. The molecule has 1 saturated heterocycles. The van der Waals surface area contributed by atoms with Gasteiger partial charge in [0.25, 0.3) is 0 Å². The van der Waals surface area contributed by atoms with E-state index in [1.54, 1.807) is 0 Å². The summed E-state index contributed by atoms with van der Waals surface area (Å²) < 4.78 is 0. The standard InChI is InChI=1S/C24H33N3O.2ClH/c1-19(20-10-6-4-7-11-20)22(18-25)23(28)27-16-14-24(15-17-27,26(2)3)21-12-8-5-9-13-21;;/h4-13,19,22H,14-18,25H2,1-3H3;2*1H. The first-order valence-corrected chi connectivity index (χ1v) is 10.3. The number of carbonyl (C=O) groups excluding carboxylic acids is 1. The summed E-state index contributed by atoms with van der Waals surface area (Å²) in [6.07, 6.45) is 1.87. The SMILES string of the molecule is CC(c1ccccc1)C(CN)C(=O)N1CCC(c2ccccc2)(N(C)C)CC1.Cl.Cl. The zero-order valence-corrected chi connectivity index (χ0v) is 19.8. The fraction of sp³-hybridized carbons (Fsp3) is 0.458. The van der Waals surface area contributed by atoms with Crippen LogP contribution in [-0.2, 0) is 10.3 Å². The van der Waals surface area contributed by atoms with E-state index in [4.69, 9.17) is 5.73 Å². The number of amides is 1. The predicted octanol–water partition coefficient (Wildman–Crippen LogP) is 4.29. The van der Waals surface area contributed by atoms with Crippen molar-refractivity contribution >= 4 is 30.7 Å². The molecule has 0 aliphatic carbocycles. The van der Waals surface area contributed by atoms with Crippen LogP contribution in [0.4, 0.5) is 0 Å². The highest BCUT2D eigenvalue weighted by molar-refractivity contribution is 5.85. The van der Waals surface area contributed by atoms with Crippen molar-refractivity contribution in [1.82, 2.24) is 9.80 Å². The molecule has 0 radical (unpaired) electrons. The highest BCUT2D eigenvalue weighted by Crippen LogP contribution is 2.38. The van der Waals surface area contributed by atoms with Gasteiger partial charge in [0.1, 0.15) is 0 Å². The number of benzene rings is 2. The summed E-state index contributed by atoms with van der Waals surface area (Å²) in [6.45, 7) is 4.03. The molecule has 1 aliphatic rings. The monoisotopic (exact) mass is 451 g/mol. The van der Waals surface area contributed by atoms with Crippen LogP contribution in [0.1, 0.15) is 36.8 Å². The molecule has 6 heteroatoms. The van der Waals surface area contributed by atoms with Crippen LogP contribution in [0.25, 0.3) is 0 Å². The zero-order chi connectivity index (χ0) is 20.1. The van der Waals surface area contributed by atoms with Crippen molar-refractivity contribution in [2.45, 2.75) is 31.2 Å². The molecule has 2 unspecified atom stereocenters. The Morgan fingerprint density at radius 2 is 1.50 bits per heavy atom. The summed E-state index contributed by atoms with van der Waals surface area (Å²) in [5.41, 5.74) is 8.55. The molecule has 2 N–H and O–H groups in total. The molecular weight excluding hydrogens is 417 g/mol. The Labute approximate surface area is 193 Å². The second kappa shape index (κ2) is 11.7. The number of nitrogens with two attached hydrogens (primary N) is 1. The molecule has 0 bridgehead atoms. The fourth-order valence-electron chi connectivity index (χ4n) is 4.58. The molecule has 0 spiro atoms. The molecule has 166 valence electrons. The van der Waals surface area contributed by atoms with Gasteiger partial charge >= 0.3 is 0 Å². The number of nitrogens with zero attached hydrogens (tertiary/aromatic N) is 2. The van der Waals surface area contributed by atoms with Crippen molar-refractivity contribution in [1.29, 1.82) is 0 Å². The van der Waals surface area contributed by atoms with Crippen LogP contribution >= 0.6 is 24.8 Å². The Morgan fingerprint density at radius 1 is 1.00 bits per heavy atom. The normalized spacial score (nSPS) is 17.4. The van der Waals surface area contributed by atoms with E-state index in [1.165, 1.54) is 11.1 Å². The minimum Gasteiger partial charge on any atom is -0.342 e. The Morgan fingerprint density at radius 3 is 1.97 bits per heavy atom. The summed E-state index contributed by atoms with van der Waals surface area (Å²) in [5, 5.41) is 0. The minimum atomic E-state index is -0.175. The highest BCUT2D eigenvalue weighted by Gasteiger charge is 2.40.